The number of unbranched alkanes of at least 4 members (excludes halogenated alkanes) is 1. The fourth-order valence-electron chi connectivity index (χ4n) is 3.83. The molecule has 1 heterocycles. The van der Waals surface area contributed by atoms with Crippen LogP contribution >= 0.6 is 0 Å². The second-order valence-electron chi connectivity index (χ2n) is 7.69. The Morgan fingerprint density at radius 3 is 2.48 bits per heavy atom. The molecular formula is C23H29N3O4S. The second kappa shape index (κ2) is 10.1. The number of rotatable bonds is 8. The summed E-state index contributed by atoms with van der Waals surface area (Å²) >= 11 is 0. The van der Waals surface area contributed by atoms with E-state index in [4.69, 9.17) is 0 Å². The van der Waals surface area contributed by atoms with Crippen molar-refractivity contribution >= 4 is 27.5 Å². The Labute approximate surface area is 183 Å². The van der Waals surface area contributed by atoms with Gasteiger partial charge in [-0.1, -0.05) is 37.6 Å². The average Bonchev–Trinajstić information content (AvgIpc) is 2.74. The van der Waals surface area contributed by atoms with E-state index in [-0.39, 0.29) is 23.1 Å². The summed E-state index contributed by atoms with van der Waals surface area (Å²) < 4.78 is 28.4. The maximum atomic E-state index is 13.5. The molecule has 0 aromatic heterocycles. The molecular weight excluding hydrogens is 414 g/mol. The predicted octanol–water partition coefficient (Wildman–Crippen LogP) is 3.24. The zero-order valence-corrected chi connectivity index (χ0v) is 18.7. The van der Waals surface area contributed by atoms with Crippen molar-refractivity contribution in [2.75, 3.05) is 18.4 Å². The number of nitrogens with one attached hydrogen (secondary N) is 2. The van der Waals surface area contributed by atoms with Gasteiger partial charge in [0.25, 0.3) is 0 Å². The molecule has 3 rings (SSSR count). The maximum absolute atomic E-state index is 13.5. The summed E-state index contributed by atoms with van der Waals surface area (Å²) in [6, 6.07) is 13.2. The van der Waals surface area contributed by atoms with Crippen LogP contribution in [0.4, 0.5) is 5.69 Å². The smallest absolute Gasteiger partial charge is 0.243 e. The lowest BCUT2D eigenvalue weighted by Gasteiger charge is -2.36. The lowest BCUT2D eigenvalue weighted by Crippen LogP contribution is -2.42. The van der Waals surface area contributed by atoms with E-state index in [2.05, 4.69) is 17.6 Å². The minimum Gasteiger partial charge on any atom is -0.356 e. The van der Waals surface area contributed by atoms with Crippen LogP contribution in [-0.2, 0) is 26.0 Å². The highest BCUT2D eigenvalue weighted by Crippen LogP contribution is 2.36. The summed E-state index contributed by atoms with van der Waals surface area (Å²) in [5.74, 6) is -0.381. The van der Waals surface area contributed by atoms with Crippen molar-refractivity contribution in [3.8, 4) is 0 Å². The van der Waals surface area contributed by atoms with Crippen molar-refractivity contribution in [3.63, 3.8) is 0 Å². The van der Waals surface area contributed by atoms with E-state index in [9.17, 15) is 18.0 Å². The van der Waals surface area contributed by atoms with E-state index in [1.54, 1.807) is 12.1 Å². The molecule has 8 heteroatoms. The summed E-state index contributed by atoms with van der Waals surface area (Å²) in [5, 5.41) is 5.53. The van der Waals surface area contributed by atoms with E-state index in [1.165, 1.54) is 23.4 Å². The van der Waals surface area contributed by atoms with Gasteiger partial charge in [0.15, 0.2) is 0 Å². The van der Waals surface area contributed by atoms with Crippen molar-refractivity contribution in [2.45, 2.75) is 50.5 Å². The fraction of sp³-hybridized carbons (Fsp3) is 0.391. The summed E-state index contributed by atoms with van der Waals surface area (Å²) in [4.78, 5) is 23.9. The molecule has 0 bridgehead atoms. The second-order valence-corrected chi connectivity index (χ2v) is 9.58. The molecule has 0 fully saturated rings. The highest BCUT2D eigenvalue weighted by molar-refractivity contribution is 7.89. The molecule has 0 saturated heterocycles. The number of hydrogen-bond acceptors (Lipinski definition) is 4. The molecule has 166 valence electrons. The first-order valence-electron chi connectivity index (χ1n) is 10.6. The third-order valence-corrected chi connectivity index (χ3v) is 7.30. The number of amides is 2. The molecule has 1 aliphatic heterocycles. The molecule has 0 aliphatic carbocycles. The van der Waals surface area contributed by atoms with E-state index in [0.717, 1.165) is 24.0 Å². The van der Waals surface area contributed by atoms with Gasteiger partial charge < -0.3 is 10.6 Å². The topological polar surface area (TPSA) is 95.6 Å². The monoisotopic (exact) mass is 443 g/mol. The summed E-state index contributed by atoms with van der Waals surface area (Å²) in [6.07, 6.45) is 2.52. The molecule has 2 aromatic rings. The third kappa shape index (κ3) is 5.51. The molecule has 0 saturated carbocycles. The van der Waals surface area contributed by atoms with E-state index in [0.29, 0.717) is 25.2 Å². The first-order valence-corrected chi connectivity index (χ1v) is 12.0. The van der Waals surface area contributed by atoms with Gasteiger partial charge >= 0.3 is 0 Å². The van der Waals surface area contributed by atoms with Gasteiger partial charge in [-0.3, -0.25) is 9.59 Å². The third-order valence-electron chi connectivity index (χ3n) is 5.38. The Morgan fingerprint density at radius 2 is 1.81 bits per heavy atom. The number of nitrogens with zero attached hydrogens (tertiary/aromatic N) is 1. The molecule has 0 radical (unpaired) electrons. The minimum absolute atomic E-state index is 0.0733. The molecule has 1 unspecified atom stereocenters. The number of anilines is 1. The molecule has 2 aromatic carbocycles. The number of carbonyl (C=O) groups excluding carboxylic acids is 2. The molecule has 1 aliphatic rings. The van der Waals surface area contributed by atoms with Crippen molar-refractivity contribution < 1.29 is 18.0 Å². The van der Waals surface area contributed by atoms with Crippen LogP contribution < -0.4 is 10.6 Å². The minimum atomic E-state index is -3.83. The quantitative estimate of drug-likeness (QED) is 0.612. The van der Waals surface area contributed by atoms with Gasteiger partial charge in [-0.25, -0.2) is 8.42 Å². The SMILES string of the molecule is CCCCNC(=O)CC1c2ccccc2CCN1S(=O)(=O)c1ccc(NC(C)=O)cc1. The Kier molecular flexibility index (Phi) is 7.46. The van der Waals surface area contributed by atoms with Crippen LogP contribution in [-0.4, -0.2) is 37.6 Å². The van der Waals surface area contributed by atoms with E-state index in [1.807, 2.05) is 24.3 Å². The molecule has 1 atom stereocenters. The average molecular weight is 444 g/mol. The van der Waals surface area contributed by atoms with Gasteiger partial charge in [0.2, 0.25) is 21.8 Å². The summed E-state index contributed by atoms with van der Waals surface area (Å²) in [7, 11) is -3.83. The normalized spacial score (nSPS) is 16.4. The van der Waals surface area contributed by atoms with Crippen LogP contribution in [0.3, 0.4) is 0 Å². The fourth-order valence-corrected chi connectivity index (χ4v) is 5.43. The lowest BCUT2D eigenvalue weighted by molar-refractivity contribution is -0.122. The van der Waals surface area contributed by atoms with Gasteiger partial charge in [-0.2, -0.15) is 4.31 Å². The zero-order valence-electron chi connectivity index (χ0n) is 17.9. The Balaban J connectivity index is 1.89. The number of carbonyl (C=O) groups is 2. The van der Waals surface area contributed by atoms with Crippen molar-refractivity contribution in [3.05, 3.63) is 59.7 Å². The maximum Gasteiger partial charge on any atom is 0.243 e. The summed E-state index contributed by atoms with van der Waals surface area (Å²) in [6.45, 7) is 4.34. The van der Waals surface area contributed by atoms with Crippen LogP contribution in [0.5, 0.6) is 0 Å². The van der Waals surface area contributed by atoms with Gasteiger partial charge in [0.05, 0.1) is 10.9 Å². The van der Waals surface area contributed by atoms with Crippen LogP contribution in [0.15, 0.2) is 53.4 Å². The first-order chi connectivity index (χ1) is 14.8. The first kappa shape index (κ1) is 23.0. The molecule has 7 nitrogen and oxygen atoms in total. The van der Waals surface area contributed by atoms with Gasteiger partial charge in [0.1, 0.15) is 0 Å². The Bertz CT molecular complexity index is 1040. The van der Waals surface area contributed by atoms with Gasteiger partial charge in [0, 0.05) is 32.1 Å². The number of sulfonamides is 1. The number of hydrogen-bond donors (Lipinski definition) is 2. The molecule has 2 amide bonds. The van der Waals surface area contributed by atoms with E-state index >= 15 is 0 Å². The highest BCUT2D eigenvalue weighted by Gasteiger charge is 2.37. The van der Waals surface area contributed by atoms with Gasteiger partial charge in [-0.15, -0.1) is 0 Å². The van der Waals surface area contributed by atoms with Crippen molar-refractivity contribution in [1.82, 2.24) is 9.62 Å². The lowest BCUT2D eigenvalue weighted by atomic mass is 9.92. The van der Waals surface area contributed by atoms with Crippen LogP contribution in [0.2, 0.25) is 0 Å². The molecule has 31 heavy (non-hydrogen) atoms. The van der Waals surface area contributed by atoms with E-state index < -0.39 is 16.1 Å². The largest absolute Gasteiger partial charge is 0.356 e. The van der Waals surface area contributed by atoms with Crippen molar-refractivity contribution in [1.29, 1.82) is 0 Å². The van der Waals surface area contributed by atoms with Gasteiger partial charge in [-0.05, 0) is 48.2 Å². The Morgan fingerprint density at radius 1 is 1.10 bits per heavy atom. The predicted molar refractivity (Wildman–Crippen MR) is 120 cm³/mol. The standard InChI is InChI=1S/C23H29N3O4S/c1-3-4-14-24-23(28)16-22-21-8-6-5-7-18(21)13-15-26(22)31(29,30)20-11-9-19(10-12-20)25-17(2)27/h5-12,22H,3-4,13-16H2,1-2H3,(H,24,28)(H,25,27). The number of benzene rings is 2. The van der Waals surface area contributed by atoms with Crippen LogP contribution in [0, 0.1) is 0 Å². The van der Waals surface area contributed by atoms with Crippen molar-refractivity contribution in [2.24, 2.45) is 0 Å². The number of fused-ring (bicyclic) bond motifs is 1. The van der Waals surface area contributed by atoms with Crippen LogP contribution in [0.25, 0.3) is 0 Å². The summed E-state index contributed by atoms with van der Waals surface area (Å²) in [5.41, 5.74) is 2.47. The zero-order chi connectivity index (χ0) is 22.4. The van der Waals surface area contributed by atoms with Crippen LogP contribution in [0.1, 0.15) is 50.3 Å². The Hall–Kier alpha value is -2.71. The molecule has 2 N–H and O–H groups in total. The molecule has 0 spiro atoms. The highest BCUT2D eigenvalue weighted by atomic mass is 32.2.